The van der Waals surface area contributed by atoms with Gasteiger partial charge in [-0.15, -0.1) is 0 Å². The third-order valence-electron chi connectivity index (χ3n) is 2.07. The zero-order chi connectivity index (χ0) is 13.7. The first kappa shape index (κ1) is 14.1. The second-order valence-corrected chi connectivity index (χ2v) is 3.51. The van der Waals surface area contributed by atoms with Crippen LogP contribution in [0.25, 0.3) is 0 Å². The summed E-state index contributed by atoms with van der Waals surface area (Å²) < 4.78 is 43.4. The number of allylic oxidation sites excluding steroid dienone is 1. The first-order valence-electron chi connectivity index (χ1n) is 5.20. The van der Waals surface area contributed by atoms with Crippen LogP contribution in [0.1, 0.15) is 12.5 Å². The van der Waals surface area contributed by atoms with Crippen molar-refractivity contribution in [3.63, 3.8) is 0 Å². The summed E-state index contributed by atoms with van der Waals surface area (Å²) in [6.45, 7) is 1.80. The van der Waals surface area contributed by atoms with E-state index in [4.69, 9.17) is 5.73 Å². The van der Waals surface area contributed by atoms with Gasteiger partial charge in [0.1, 0.15) is 5.82 Å². The first-order valence-corrected chi connectivity index (χ1v) is 5.20. The van der Waals surface area contributed by atoms with E-state index in [1.807, 2.05) is 0 Å². The highest BCUT2D eigenvalue weighted by molar-refractivity contribution is 5.82. The number of hydrogen-bond acceptors (Lipinski definition) is 3. The third kappa shape index (κ3) is 3.80. The van der Waals surface area contributed by atoms with Gasteiger partial charge in [0.25, 0.3) is 0 Å². The number of benzene rings is 1. The molecule has 0 saturated carbocycles. The van der Waals surface area contributed by atoms with E-state index >= 15 is 0 Å². The number of nitrogens with two attached hydrogens (primary N) is 1. The minimum absolute atomic E-state index is 0.00152. The lowest BCUT2D eigenvalue weighted by Gasteiger charge is -2.05. The van der Waals surface area contributed by atoms with E-state index in [0.717, 1.165) is 6.08 Å². The molecule has 0 fully saturated rings. The molecule has 0 atom stereocenters. The molecule has 1 aromatic rings. The number of esters is 1. The average molecular weight is 259 g/mol. The smallest absolute Gasteiger partial charge is 0.332 e. The molecule has 0 aromatic heterocycles. The molecule has 98 valence electrons. The van der Waals surface area contributed by atoms with Crippen molar-refractivity contribution in [2.45, 2.75) is 13.3 Å². The van der Waals surface area contributed by atoms with Gasteiger partial charge in [-0.1, -0.05) is 0 Å². The monoisotopic (exact) mass is 259 g/mol. The third-order valence-corrected chi connectivity index (χ3v) is 2.07. The highest BCUT2D eigenvalue weighted by Gasteiger charge is 2.11. The maximum absolute atomic E-state index is 13.3. The van der Waals surface area contributed by atoms with Crippen molar-refractivity contribution in [2.75, 3.05) is 6.61 Å². The van der Waals surface area contributed by atoms with Crippen LogP contribution in [0.2, 0.25) is 0 Å². The quantitative estimate of drug-likeness (QED) is 0.511. The number of hydrogen-bond donors (Lipinski definition) is 1. The van der Waals surface area contributed by atoms with Crippen LogP contribution in [0.15, 0.2) is 23.9 Å². The van der Waals surface area contributed by atoms with Gasteiger partial charge in [0.05, 0.1) is 6.61 Å². The molecule has 0 radical (unpaired) electrons. The van der Waals surface area contributed by atoms with Gasteiger partial charge in [0, 0.05) is 24.3 Å². The predicted molar refractivity (Wildman–Crippen MR) is 58.9 cm³/mol. The molecule has 0 spiro atoms. The molecule has 0 aliphatic heterocycles. The van der Waals surface area contributed by atoms with Gasteiger partial charge in [-0.25, -0.2) is 18.0 Å². The van der Waals surface area contributed by atoms with Crippen molar-refractivity contribution in [2.24, 2.45) is 5.73 Å². The Kier molecular flexibility index (Phi) is 4.76. The molecule has 0 heterocycles. The van der Waals surface area contributed by atoms with Gasteiger partial charge in [-0.3, -0.25) is 0 Å². The number of halogens is 3. The Morgan fingerprint density at radius 1 is 1.28 bits per heavy atom. The number of carbonyl (C=O) groups excluding carboxylic acids is 1. The lowest BCUT2D eigenvalue weighted by Crippen LogP contribution is -2.09. The minimum atomic E-state index is -1.27. The number of ether oxygens (including phenoxy) is 1. The van der Waals surface area contributed by atoms with Crippen LogP contribution in [-0.2, 0) is 16.0 Å². The highest BCUT2D eigenvalue weighted by atomic mass is 19.2. The van der Waals surface area contributed by atoms with Gasteiger partial charge in [-0.2, -0.15) is 0 Å². The summed E-state index contributed by atoms with van der Waals surface area (Å²) in [5, 5.41) is 0. The Bertz CT molecular complexity index is 486. The molecule has 18 heavy (non-hydrogen) atoms. The zero-order valence-electron chi connectivity index (χ0n) is 9.67. The summed E-state index contributed by atoms with van der Waals surface area (Å²) in [5.41, 5.74) is 5.34. The van der Waals surface area contributed by atoms with E-state index in [0.29, 0.717) is 12.1 Å². The van der Waals surface area contributed by atoms with E-state index in [1.54, 1.807) is 6.92 Å². The fourth-order valence-corrected chi connectivity index (χ4v) is 1.31. The number of carbonyl (C=O) groups is 1. The molecule has 3 nitrogen and oxygen atoms in total. The van der Waals surface area contributed by atoms with E-state index in [1.165, 1.54) is 0 Å². The number of rotatable bonds is 4. The molecule has 2 N–H and O–H groups in total. The van der Waals surface area contributed by atoms with Gasteiger partial charge in [0.2, 0.25) is 0 Å². The van der Waals surface area contributed by atoms with Crippen LogP contribution in [0, 0.1) is 17.5 Å². The Hall–Kier alpha value is -1.98. The van der Waals surface area contributed by atoms with Gasteiger partial charge in [0.15, 0.2) is 11.6 Å². The van der Waals surface area contributed by atoms with E-state index in [9.17, 15) is 18.0 Å². The lowest BCUT2D eigenvalue weighted by atomic mass is 10.1. The largest absolute Gasteiger partial charge is 0.463 e. The second-order valence-electron chi connectivity index (χ2n) is 3.51. The molecule has 0 amide bonds. The Balaban J connectivity index is 2.85. The standard InChI is InChI=1S/C12H12F3NO2/c1-2-18-12(17)5-8(16)3-7-4-10(14)11(15)6-9(7)13/h4-6H,2-3,16H2,1H3/b8-5-. The normalized spacial score (nSPS) is 11.4. The zero-order valence-corrected chi connectivity index (χ0v) is 9.67. The fraction of sp³-hybridized carbons (Fsp3) is 0.250. The summed E-state index contributed by atoms with van der Waals surface area (Å²) >= 11 is 0. The van der Waals surface area contributed by atoms with Crippen LogP contribution in [0.4, 0.5) is 13.2 Å². The summed E-state index contributed by atoms with van der Waals surface area (Å²) in [7, 11) is 0. The minimum Gasteiger partial charge on any atom is -0.463 e. The van der Waals surface area contributed by atoms with Crippen molar-refractivity contribution in [3.8, 4) is 0 Å². The molecule has 0 aliphatic carbocycles. The van der Waals surface area contributed by atoms with Crippen LogP contribution in [0.3, 0.4) is 0 Å². The molecule has 0 bridgehead atoms. The average Bonchev–Trinajstić information content (AvgIpc) is 2.26. The molecule has 0 unspecified atom stereocenters. The summed E-state index contributed by atoms with van der Waals surface area (Å²) in [6.07, 6.45) is 0.770. The summed E-state index contributed by atoms with van der Waals surface area (Å²) in [4.78, 5) is 11.0. The van der Waals surface area contributed by atoms with Crippen LogP contribution in [0.5, 0.6) is 0 Å². The van der Waals surface area contributed by atoms with E-state index < -0.39 is 23.4 Å². The summed E-state index contributed by atoms with van der Waals surface area (Å²) in [6, 6.07) is 1.14. The van der Waals surface area contributed by atoms with Crippen LogP contribution >= 0.6 is 0 Å². The summed E-state index contributed by atoms with van der Waals surface area (Å²) in [5.74, 6) is -4.04. The van der Waals surface area contributed by atoms with Crippen molar-refractivity contribution in [1.82, 2.24) is 0 Å². The molecular weight excluding hydrogens is 247 g/mol. The van der Waals surface area contributed by atoms with Crippen molar-refractivity contribution < 1.29 is 22.7 Å². The van der Waals surface area contributed by atoms with Crippen molar-refractivity contribution >= 4 is 5.97 Å². The van der Waals surface area contributed by atoms with Gasteiger partial charge < -0.3 is 10.5 Å². The SMILES string of the molecule is CCOC(=O)/C=C(\N)Cc1cc(F)c(F)cc1F. The Morgan fingerprint density at radius 3 is 2.50 bits per heavy atom. The lowest BCUT2D eigenvalue weighted by molar-refractivity contribution is -0.137. The van der Waals surface area contributed by atoms with Crippen molar-refractivity contribution in [1.29, 1.82) is 0 Å². The second kappa shape index (κ2) is 6.09. The molecule has 0 aliphatic rings. The predicted octanol–water partition coefficient (Wildman–Crippen LogP) is 2.05. The maximum Gasteiger partial charge on any atom is 0.332 e. The van der Waals surface area contributed by atoms with E-state index in [-0.39, 0.29) is 24.3 Å². The molecule has 6 heteroatoms. The Labute approximate surface area is 102 Å². The topological polar surface area (TPSA) is 52.3 Å². The highest BCUT2D eigenvalue weighted by Crippen LogP contribution is 2.15. The maximum atomic E-state index is 13.3. The van der Waals surface area contributed by atoms with E-state index in [2.05, 4.69) is 4.74 Å². The van der Waals surface area contributed by atoms with Crippen LogP contribution < -0.4 is 5.73 Å². The first-order chi connectivity index (χ1) is 8.43. The van der Waals surface area contributed by atoms with Crippen LogP contribution in [-0.4, -0.2) is 12.6 Å². The van der Waals surface area contributed by atoms with Crippen molar-refractivity contribution in [3.05, 3.63) is 46.9 Å². The van der Waals surface area contributed by atoms with Gasteiger partial charge >= 0.3 is 5.97 Å². The van der Waals surface area contributed by atoms with Gasteiger partial charge in [-0.05, 0) is 18.6 Å². The molecular formula is C12H12F3NO2. The Morgan fingerprint density at radius 2 is 1.89 bits per heavy atom. The molecule has 1 rings (SSSR count). The molecule has 0 saturated heterocycles. The fourth-order valence-electron chi connectivity index (χ4n) is 1.31. The molecule has 1 aromatic carbocycles.